The summed E-state index contributed by atoms with van der Waals surface area (Å²) >= 11 is 0. The number of aryl methyl sites for hydroxylation is 1. The van der Waals surface area contributed by atoms with E-state index in [4.69, 9.17) is 4.42 Å². The van der Waals surface area contributed by atoms with Gasteiger partial charge in [0.15, 0.2) is 0 Å². The largest absolute Gasteiger partial charge is 0.463 e. The molecular formula is C18H24O2. The summed E-state index contributed by atoms with van der Waals surface area (Å²) < 4.78 is 5.56. The molecule has 0 spiro atoms. The average Bonchev–Trinajstić information content (AvgIpc) is 2.83. The van der Waals surface area contributed by atoms with Crippen molar-refractivity contribution in [3.8, 4) is 0 Å². The van der Waals surface area contributed by atoms with Gasteiger partial charge in [0.05, 0.1) is 0 Å². The van der Waals surface area contributed by atoms with Gasteiger partial charge in [-0.1, -0.05) is 45.9 Å². The van der Waals surface area contributed by atoms with Crippen molar-refractivity contribution in [1.29, 1.82) is 0 Å². The molecule has 1 N–H and O–H groups in total. The van der Waals surface area contributed by atoms with Crippen LogP contribution < -0.4 is 0 Å². The van der Waals surface area contributed by atoms with Gasteiger partial charge in [-0.2, -0.15) is 0 Å². The fourth-order valence-electron chi connectivity index (χ4n) is 2.46. The monoisotopic (exact) mass is 272 g/mol. The van der Waals surface area contributed by atoms with E-state index >= 15 is 0 Å². The van der Waals surface area contributed by atoms with Gasteiger partial charge >= 0.3 is 0 Å². The first kappa shape index (κ1) is 14.9. The summed E-state index contributed by atoms with van der Waals surface area (Å²) in [6.07, 6.45) is -0.692. The van der Waals surface area contributed by atoms with Gasteiger partial charge in [0.2, 0.25) is 0 Å². The molecule has 108 valence electrons. The Morgan fingerprint density at radius 2 is 1.60 bits per heavy atom. The highest BCUT2D eigenvalue weighted by atomic mass is 16.4. The Balaban J connectivity index is 2.45. The molecule has 20 heavy (non-hydrogen) atoms. The van der Waals surface area contributed by atoms with Crippen LogP contribution in [0.25, 0.3) is 0 Å². The number of aliphatic hydroxyl groups is 1. The highest BCUT2D eigenvalue weighted by Gasteiger charge is 2.20. The molecule has 2 aromatic rings. The zero-order valence-corrected chi connectivity index (χ0v) is 13.0. The smallest absolute Gasteiger partial charge is 0.137 e. The molecule has 2 nitrogen and oxygen atoms in total. The number of hydrogen-bond acceptors (Lipinski definition) is 2. The van der Waals surface area contributed by atoms with E-state index in [9.17, 15) is 5.11 Å². The third-order valence-electron chi connectivity index (χ3n) is 3.72. The lowest BCUT2D eigenvalue weighted by Gasteiger charge is -2.19. The van der Waals surface area contributed by atoms with Crippen molar-refractivity contribution < 1.29 is 9.52 Å². The number of hydrogen-bond donors (Lipinski definition) is 1. The van der Waals surface area contributed by atoms with Crippen LogP contribution in [0.15, 0.2) is 34.7 Å². The summed E-state index contributed by atoms with van der Waals surface area (Å²) in [6.45, 7) is 10.6. The van der Waals surface area contributed by atoms with Crippen molar-refractivity contribution in [3.05, 3.63) is 58.5 Å². The zero-order valence-electron chi connectivity index (χ0n) is 13.0. The van der Waals surface area contributed by atoms with Crippen molar-refractivity contribution in [2.45, 2.75) is 52.6 Å². The van der Waals surface area contributed by atoms with Gasteiger partial charge < -0.3 is 9.52 Å². The molecule has 2 rings (SSSR count). The lowest BCUT2D eigenvalue weighted by molar-refractivity contribution is 0.186. The second-order valence-corrected chi connectivity index (χ2v) is 6.05. The van der Waals surface area contributed by atoms with Gasteiger partial charge in [-0.3, -0.25) is 0 Å². The van der Waals surface area contributed by atoms with E-state index in [0.717, 1.165) is 11.3 Å². The molecule has 0 aliphatic heterocycles. The van der Waals surface area contributed by atoms with Gasteiger partial charge in [-0.25, -0.2) is 0 Å². The van der Waals surface area contributed by atoms with Crippen LogP contribution in [0.5, 0.6) is 0 Å². The Kier molecular flexibility index (Phi) is 4.34. The molecule has 0 saturated carbocycles. The van der Waals surface area contributed by atoms with E-state index in [2.05, 4.69) is 39.8 Å². The van der Waals surface area contributed by atoms with E-state index < -0.39 is 6.10 Å². The highest BCUT2D eigenvalue weighted by Crippen LogP contribution is 2.32. The average molecular weight is 272 g/mol. The molecule has 1 aromatic heterocycles. The minimum Gasteiger partial charge on any atom is -0.463 e. The van der Waals surface area contributed by atoms with Crippen LogP contribution >= 0.6 is 0 Å². The molecule has 0 amide bonds. The van der Waals surface area contributed by atoms with Crippen LogP contribution in [0.1, 0.15) is 73.8 Å². The first-order chi connectivity index (χ1) is 9.40. The van der Waals surface area contributed by atoms with Crippen molar-refractivity contribution in [1.82, 2.24) is 0 Å². The fraction of sp³-hybridized carbons (Fsp3) is 0.444. The quantitative estimate of drug-likeness (QED) is 0.857. The lowest BCUT2D eigenvalue weighted by atomic mass is 9.89. The predicted octanol–water partition coefficient (Wildman–Crippen LogP) is 4.92. The Bertz CT molecular complexity index is 579. The predicted molar refractivity (Wildman–Crippen MR) is 82.1 cm³/mol. The molecule has 2 heteroatoms. The van der Waals surface area contributed by atoms with E-state index in [1.54, 1.807) is 0 Å². The molecular weight excluding hydrogens is 248 g/mol. The van der Waals surface area contributed by atoms with Crippen LogP contribution in [0.4, 0.5) is 0 Å². The number of furan rings is 1. The maximum Gasteiger partial charge on any atom is 0.137 e. The summed E-state index contributed by atoms with van der Waals surface area (Å²) in [7, 11) is 0. The standard InChI is InChI=1S/C18H24O2/c1-11(2)14-7-8-15(16(10-14)12(3)4)18(19)17-9-6-13(5)20-17/h6-12,18-19H,1-5H3. The second kappa shape index (κ2) is 5.84. The SMILES string of the molecule is Cc1ccc(C(O)c2ccc(C(C)C)cc2C(C)C)o1. The van der Waals surface area contributed by atoms with Gasteiger partial charge in [0.1, 0.15) is 17.6 Å². The molecule has 0 fully saturated rings. The third kappa shape index (κ3) is 2.96. The molecule has 0 aliphatic carbocycles. The van der Waals surface area contributed by atoms with Crippen LogP contribution in [0.3, 0.4) is 0 Å². The minimum atomic E-state index is -0.692. The summed E-state index contributed by atoms with van der Waals surface area (Å²) in [4.78, 5) is 0. The molecule has 1 unspecified atom stereocenters. The van der Waals surface area contributed by atoms with Gasteiger partial charge in [-0.05, 0) is 47.6 Å². The van der Waals surface area contributed by atoms with Gasteiger partial charge in [0.25, 0.3) is 0 Å². The van der Waals surface area contributed by atoms with E-state index in [1.165, 1.54) is 11.1 Å². The Morgan fingerprint density at radius 1 is 0.900 bits per heavy atom. The Labute approximate surface area is 121 Å². The highest BCUT2D eigenvalue weighted by molar-refractivity contribution is 5.39. The molecule has 1 atom stereocenters. The normalized spacial score (nSPS) is 13.2. The van der Waals surface area contributed by atoms with Gasteiger partial charge in [-0.15, -0.1) is 0 Å². The number of benzene rings is 1. The van der Waals surface area contributed by atoms with Crippen molar-refractivity contribution in [3.63, 3.8) is 0 Å². The fourth-order valence-corrected chi connectivity index (χ4v) is 2.46. The second-order valence-electron chi connectivity index (χ2n) is 6.05. The Morgan fingerprint density at radius 3 is 2.10 bits per heavy atom. The van der Waals surface area contributed by atoms with Crippen molar-refractivity contribution in [2.75, 3.05) is 0 Å². The number of rotatable bonds is 4. The lowest BCUT2D eigenvalue weighted by Crippen LogP contribution is -2.05. The first-order valence-corrected chi connectivity index (χ1v) is 7.28. The topological polar surface area (TPSA) is 33.4 Å². The van der Waals surface area contributed by atoms with Gasteiger partial charge in [0, 0.05) is 0 Å². The first-order valence-electron chi connectivity index (χ1n) is 7.28. The minimum absolute atomic E-state index is 0.370. The van der Waals surface area contributed by atoms with E-state index in [1.807, 2.05) is 25.1 Å². The third-order valence-corrected chi connectivity index (χ3v) is 3.72. The molecule has 0 saturated heterocycles. The van der Waals surface area contributed by atoms with Crippen molar-refractivity contribution in [2.24, 2.45) is 0 Å². The van der Waals surface area contributed by atoms with Crippen molar-refractivity contribution >= 4 is 0 Å². The zero-order chi connectivity index (χ0) is 14.9. The Hall–Kier alpha value is -1.54. The van der Waals surface area contributed by atoms with Crippen LogP contribution in [0, 0.1) is 6.92 Å². The molecule has 0 aliphatic rings. The number of aliphatic hydroxyl groups excluding tert-OH is 1. The maximum atomic E-state index is 10.6. The molecule has 0 radical (unpaired) electrons. The molecule has 1 aromatic carbocycles. The van der Waals surface area contributed by atoms with Crippen LogP contribution in [-0.4, -0.2) is 5.11 Å². The van der Waals surface area contributed by atoms with Crippen LogP contribution in [0.2, 0.25) is 0 Å². The van der Waals surface area contributed by atoms with E-state index in [0.29, 0.717) is 17.6 Å². The van der Waals surface area contributed by atoms with E-state index in [-0.39, 0.29) is 0 Å². The maximum absolute atomic E-state index is 10.6. The van der Waals surface area contributed by atoms with Crippen LogP contribution in [-0.2, 0) is 0 Å². The summed E-state index contributed by atoms with van der Waals surface area (Å²) in [5.74, 6) is 2.30. The summed E-state index contributed by atoms with van der Waals surface area (Å²) in [5.41, 5.74) is 3.44. The molecule has 0 bridgehead atoms. The molecule has 1 heterocycles. The summed E-state index contributed by atoms with van der Waals surface area (Å²) in [5, 5.41) is 10.6. The summed E-state index contributed by atoms with van der Waals surface area (Å²) in [6, 6.07) is 10.1.